The van der Waals surface area contributed by atoms with Gasteiger partial charge in [0.1, 0.15) is 6.04 Å². The maximum Gasteiger partial charge on any atom is 0.245 e. The van der Waals surface area contributed by atoms with Crippen LogP contribution in [-0.2, 0) is 14.3 Å². The molecule has 4 rings (SSSR count). The molecule has 2 aliphatic carbocycles. The maximum absolute atomic E-state index is 12.5. The van der Waals surface area contributed by atoms with E-state index in [-0.39, 0.29) is 36.1 Å². The number of nitrogens with one attached hydrogen (secondary N) is 1. The SMILES string of the molecule is O=C1CN(CC2CCC3(CCCC3)O2)C(=O)C(C2CC2)N1. The van der Waals surface area contributed by atoms with Gasteiger partial charge in [-0.1, -0.05) is 12.8 Å². The molecule has 2 saturated heterocycles. The number of hydrogen-bond acceptors (Lipinski definition) is 3. The lowest BCUT2D eigenvalue weighted by Gasteiger charge is -2.34. The van der Waals surface area contributed by atoms with Gasteiger partial charge in [0, 0.05) is 6.54 Å². The minimum atomic E-state index is -0.270. The molecule has 116 valence electrons. The first-order valence-electron chi connectivity index (χ1n) is 8.41. The predicted octanol–water partition coefficient (Wildman–Crippen LogP) is 1.22. The lowest BCUT2D eigenvalue weighted by molar-refractivity contribution is -0.147. The van der Waals surface area contributed by atoms with Crippen LogP contribution in [-0.4, -0.2) is 47.6 Å². The third kappa shape index (κ3) is 2.56. The highest BCUT2D eigenvalue weighted by atomic mass is 16.5. The highest BCUT2D eigenvalue weighted by Crippen LogP contribution is 2.43. The van der Waals surface area contributed by atoms with Gasteiger partial charge in [0.2, 0.25) is 11.8 Å². The summed E-state index contributed by atoms with van der Waals surface area (Å²) in [7, 11) is 0. The number of carbonyl (C=O) groups excluding carboxylic acids is 2. The minimum absolute atomic E-state index is 0.0138. The second-order valence-electron chi connectivity index (χ2n) is 7.27. The molecule has 2 unspecified atom stereocenters. The molecule has 2 aliphatic heterocycles. The average Bonchev–Trinajstić information content (AvgIpc) is 3.09. The molecular weight excluding hydrogens is 268 g/mol. The molecule has 2 saturated carbocycles. The highest BCUT2D eigenvalue weighted by molar-refractivity contribution is 5.95. The number of piperazine rings is 1. The van der Waals surface area contributed by atoms with E-state index in [4.69, 9.17) is 4.74 Å². The Morgan fingerprint density at radius 2 is 1.90 bits per heavy atom. The smallest absolute Gasteiger partial charge is 0.245 e. The first-order chi connectivity index (χ1) is 10.2. The zero-order valence-corrected chi connectivity index (χ0v) is 12.5. The highest BCUT2D eigenvalue weighted by Gasteiger charge is 2.46. The lowest BCUT2D eigenvalue weighted by Crippen LogP contribution is -2.60. The molecule has 0 radical (unpaired) electrons. The minimum Gasteiger partial charge on any atom is -0.370 e. The molecule has 2 atom stereocenters. The fourth-order valence-corrected chi connectivity index (χ4v) is 4.29. The Morgan fingerprint density at radius 1 is 1.14 bits per heavy atom. The molecule has 5 heteroatoms. The second-order valence-corrected chi connectivity index (χ2v) is 7.27. The van der Waals surface area contributed by atoms with Gasteiger partial charge in [-0.05, 0) is 44.4 Å². The Kier molecular flexibility index (Phi) is 3.21. The van der Waals surface area contributed by atoms with Crippen molar-refractivity contribution in [2.75, 3.05) is 13.1 Å². The molecule has 1 spiro atoms. The average molecular weight is 292 g/mol. The fourth-order valence-electron chi connectivity index (χ4n) is 4.29. The third-order valence-electron chi connectivity index (χ3n) is 5.60. The van der Waals surface area contributed by atoms with Gasteiger partial charge in [0.15, 0.2) is 0 Å². The van der Waals surface area contributed by atoms with Crippen LogP contribution in [0.25, 0.3) is 0 Å². The Labute approximate surface area is 125 Å². The summed E-state index contributed by atoms with van der Waals surface area (Å²) in [6, 6.07) is -0.270. The van der Waals surface area contributed by atoms with Crippen molar-refractivity contribution in [3.8, 4) is 0 Å². The summed E-state index contributed by atoms with van der Waals surface area (Å²) in [6.45, 7) is 0.798. The van der Waals surface area contributed by atoms with Crippen LogP contribution in [0.3, 0.4) is 0 Å². The number of nitrogens with zero attached hydrogens (tertiary/aromatic N) is 1. The zero-order chi connectivity index (χ0) is 14.4. The van der Waals surface area contributed by atoms with E-state index in [1.807, 2.05) is 0 Å². The van der Waals surface area contributed by atoms with Crippen LogP contribution >= 0.6 is 0 Å². The van der Waals surface area contributed by atoms with E-state index < -0.39 is 0 Å². The largest absolute Gasteiger partial charge is 0.370 e. The third-order valence-corrected chi connectivity index (χ3v) is 5.60. The number of carbonyl (C=O) groups is 2. The van der Waals surface area contributed by atoms with Crippen molar-refractivity contribution in [3.63, 3.8) is 0 Å². The molecule has 0 aromatic rings. The maximum atomic E-state index is 12.5. The van der Waals surface area contributed by atoms with Crippen LogP contribution in [0.2, 0.25) is 0 Å². The Morgan fingerprint density at radius 3 is 2.62 bits per heavy atom. The lowest BCUT2D eigenvalue weighted by atomic mass is 9.98. The summed E-state index contributed by atoms with van der Waals surface area (Å²) in [5, 5.41) is 2.86. The van der Waals surface area contributed by atoms with Gasteiger partial charge in [-0.3, -0.25) is 9.59 Å². The normalized spacial score (nSPS) is 35.5. The van der Waals surface area contributed by atoms with Gasteiger partial charge in [-0.2, -0.15) is 0 Å². The Balaban J connectivity index is 1.39. The van der Waals surface area contributed by atoms with Gasteiger partial charge in [0.05, 0.1) is 18.2 Å². The van der Waals surface area contributed by atoms with Crippen molar-refractivity contribution in [2.45, 2.75) is 69.1 Å². The molecule has 4 aliphatic rings. The molecule has 1 N–H and O–H groups in total. The number of rotatable bonds is 3. The Bertz CT molecular complexity index is 454. The van der Waals surface area contributed by atoms with Gasteiger partial charge in [0.25, 0.3) is 0 Å². The first-order valence-corrected chi connectivity index (χ1v) is 8.41. The summed E-state index contributed by atoms with van der Waals surface area (Å²) in [6.07, 6.45) is 9.27. The summed E-state index contributed by atoms with van der Waals surface area (Å²) < 4.78 is 6.28. The van der Waals surface area contributed by atoms with Gasteiger partial charge < -0.3 is 15.0 Å². The summed E-state index contributed by atoms with van der Waals surface area (Å²) in [5.41, 5.74) is 0.0989. The molecule has 21 heavy (non-hydrogen) atoms. The first kappa shape index (κ1) is 13.6. The van der Waals surface area contributed by atoms with E-state index >= 15 is 0 Å². The van der Waals surface area contributed by atoms with Crippen molar-refractivity contribution in [2.24, 2.45) is 5.92 Å². The quantitative estimate of drug-likeness (QED) is 0.851. The molecule has 0 aromatic carbocycles. The summed E-state index contributed by atoms with van der Waals surface area (Å²) in [5.74, 6) is 0.461. The molecule has 0 bridgehead atoms. The van der Waals surface area contributed by atoms with Crippen molar-refractivity contribution in [1.29, 1.82) is 0 Å². The van der Waals surface area contributed by atoms with Crippen LogP contribution < -0.4 is 5.32 Å². The van der Waals surface area contributed by atoms with Crippen LogP contribution in [0.5, 0.6) is 0 Å². The molecule has 2 amide bonds. The van der Waals surface area contributed by atoms with E-state index in [2.05, 4.69) is 5.32 Å². The number of ether oxygens (including phenoxy) is 1. The Hall–Kier alpha value is -1.10. The second kappa shape index (κ2) is 4.97. The zero-order valence-electron chi connectivity index (χ0n) is 12.5. The van der Waals surface area contributed by atoms with E-state index in [9.17, 15) is 9.59 Å². The van der Waals surface area contributed by atoms with Crippen LogP contribution in [0, 0.1) is 5.92 Å². The van der Waals surface area contributed by atoms with Gasteiger partial charge in [-0.25, -0.2) is 0 Å². The van der Waals surface area contributed by atoms with E-state index in [1.54, 1.807) is 4.90 Å². The monoisotopic (exact) mass is 292 g/mol. The standard InChI is InChI=1S/C16H24N2O3/c19-13-10-18(15(20)14(17-13)11-3-4-11)9-12-5-8-16(21-12)6-1-2-7-16/h11-12,14H,1-10H2,(H,17,19). The molecular formula is C16H24N2O3. The topological polar surface area (TPSA) is 58.6 Å². The summed E-state index contributed by atoms with van der Waals surface area (Å²) >= 11 is 0. The molecule has 0 aromatic heterocycles. The summed E-state index contributed by atoms with van der Waals surface area (Å²) in [4.78, 5) is 26.1. The fraction of sp³-hybridized carbons (Fsp3) is 0.875. The van der Waals surface area contributed by atoms with Crippen LogP contribution in [0.1, 0.15) is 51.4 Å². The van der Waals surface area contributed by atoms with Crippen LogP contribution in [0.4, 0.5) is 0 Å². The van der Waals surface area contributed by atoms with Crippen molar-refractivity contribution in [3.05, 3.63) is 0 Å². The van der Waals surface area contributed by atoms with E-state index in [1.165, 1.54) is 25.7 Å². The number of hydrogen-bond donors (Lipinski definition) is 1. The number of amides is 2. The predicted molar refractivity (Wildman–Crippen MR) is 76.5 cm³/mol. The molecule has 4 fully saturated rings. The molecule has 5 nitrogen and oxygen atoms in total. The molecule has 2 heterocycles. The van der Waals surface area contributed by atoms with Crippen molar-refractivity contribution >= 4 is 11.8 Å². The van der Waals surface area contributed by atoms with Crippen LogP contribution in [0.15, 0.2) is 0 Å². The van der Waals surface area contributed by atoms with E-state index in [0.29, 0.717) is 12.5 Å². The van der Waals surface area contributed by atoms with Crippen molar-refractivity contribution < 1.29 is 14.3 Å². The van der Waals surface area contributed by atoms with Crippen molar-refractivity contribution in [1.82, 2.24) is 10.2 Å². The van der Waals surface area contributed by atoms with Gasteiger partial charge >= 0.3 is 0 Å². The van der Waals surface area contributed by atoms with Gasteiger partial charge in [-0.15, -0.1) is 0 Å². The van der Waals surface area contributed by atoms with E-state index in [0.717, 1.165) is 25.7 Å².